The molecule has 0 amide bonds. The third kappa shape index (κ3) is 1.59. The predicted molar refractivity (Wildman–Crippen MR) is 48.5 cm³/mol. The van der Waals surface area contributed by atoms with Crippen molar-refractivity contribution < 1.29 is 10.0 Å². The number of rotatable bonds is 3. The minimum Gasteiger partial charge on any atom is -0.394 e. The van der Waals surface area contributed by atoms with Crippen molar-refractivity contribution in [2.75, 3.05) is 6.61 Å². The second-order valence-corrected chi connectivity index (χ2v) is 3.33. The predicted octanol–water partition coefficient (Wildman–Crippen LogP) is -0.506. The number of hydrogen-bond donors (Lipinski definition) is 2. The summed E-state index contributed by atoms with van der Waals surface area (Å²) in [6, 6.07) is 0. The molecule has 7 heteroatoms. The zero-order valence-electron chi connectivity index (χ0n) is 7.97. The van der Waals surface area contributed by atoms with Gasteiger partial charge in [-0.2, -0.15) is 5.10 Å². The third-order valence-corrected chi connectivity index (χ3v) is 1.99. The lowest BCUT2D eigenvalue weighted by molar-refractivity contribution is -0.386. The second kappa shape index (κ2) is 3.35. The smallest absolute Gasteiger partial charge is 0.312 e. The van der Waals surface area contributed by atoms with Crippen LogP contribution in [0, 0.1) is 10.1 Å². The summed E-state index contributed by atoms with van der Waals surface area (Å²) in [5.41, 5.74) is 4.59. The molecule has 0 saturated heterocycles. The summed E-state index contributed by atoms with van der Waals surface area (Å²) in [6.45, 7) is 1.13. The molecule has 0 bridgehead atoms. The van der Waals surface area contributed by atoms with Crippen LogP contribution in [0.15, 0.2) is 6.20 Å². The first-order valence-corrected chi connectivity index (χ1v) is 3.96. The van der Waals surface area contributed by atoms with Crippen molar-refractivity contribution in [3.8, 4) is 0 Å². The average molecular weight is 200 g/mol. The van der Waals surface area contributed by atoms with Crippen LogP contribution in [0.5, 0.6) is 0 Å². The normalized spacial score (nSPS) is 15.1. The summed E-state index contributed by atoms with van der Waals surface area (Å²) < 4.78 is 1.30. The molecule has 14 heavy (non-hydrogen) atoms. The number of aromatic nitrogens is 2. The van der Waals surface area contributed by atoms with Crippen molar-refractivity contribution in [2.45, 2.75) is 12.5 Å². The molecule has 1 rings (SSSR count). The van der Waals surface area contributed by atoms with Gasteiger partial charge in [-0.3, -0.25) is 14.8 Å². The molecule has 7 nitrogen and oxygen atoms in total. The van der Waals surface area contributed by atoms with Crippen LogP contribution in [0.3, 0.4) is 0 Å². The molecule has 0 aromatic carbocycles. The fourth-order valence-electron chi connectivity index (χ4n) is 1.30. The summed E-state index contributed by atoms with van der Waals surface area (Å²) in [7, 11) is 1.54. The van der Waals surface area contributed by atoms with E-state index in [1.165, 1.54) is 11.6 Å². The number of aliphatic hydroxyl groups is 1. The standard InChI is InChI=1S/C7H12N4O3/c1-7(8,4-12)6-5(11(13)14)3-9-10(6)2/h3,12H,4,8H2,1-2H3. The number of nitrogens with two attached hydrogens (primary N) is 1. The van der Waals surface area contributed by atoms with Gasteiger partial charge in [0.05, 0.1) is 17.1 Å². The van der Waals surface area contributed by atoms with Gasteiger partial charge in [0.2, 0.25) is 0 Å². The summed E-state index contributed by atoms with van der Waals surface area (Å²) in [6.07, 6.45) is 1.12. The van der Waals surface area contributed by atoms with Gasteiger partial charge < -0.3 is 10.8 Å². The van der Waals surface area contributed by atoms with E-state index in [0.29, 0.717) is 0 Å². The van der Waals surface area contributed by atoms with Crippen LogP contribution in [-0.2, 0) is 12.6 Å². The Labute approximate surface area is 80.3 Å². The highest BCUT2D eigenvalue weighted by molar-refractivity contribution is 5.38. The highest BCUT2D eigenvalue weighted by Crippen LogP contribution is 2.26. The van der Waals surface area contributed by atoms with E-state index in [4.69, 9.17) is 10.8 Å². The monoisotopic (exact) mass is 200 g/mol. The van der Waals surface area contributed by atoms with E-state index >= 15 is 0 Å². The van der Waals surface area contributed by atoms with Gasteiger partial charge in [0, 0.05) is 7.05 Å². The Kier molecular flexibility index (Phi) is 2.54. The van der Waals surface area contributed by atoms with Gasteiger partial charge in [0.25, 0.3) is 0 Å². The molecule has 1 heterocycles. The van der Waals surface area contributed by atoms with Crippen LogP contribution in [0.25, 0.3) is 0 Å². The van der Waals surface area contributed by atoms with Gasteiger partial charge in [0.1, 0.15) is 11.9 Å². The third-order valence-electron chi connectivity index (χ3n) is 1.99. The molecule has 1 aromatic rings. The fraction of sp³-hybridized carbons (Fsp3) is 0.571. The fourth-order valence-corrected chi connectivity index (χ4v) is 1.30. The molecule has 0 aliphatic rings. The average Bonchev–Trinajstić information content (AvgIpc) is 2.47. The van der Waals surface area contributed by atoms with E-state index in [0.717, 1.165) is 6.20 Å². The Morgan fingerprint density at radius 1 is 1.86 bits per heavy atom. The lowest BCUT2D eigenvalue weighted by Crippen LogP contribution is -2.39. The van der Waals surface area contributed by atoms with Crippen LogP contribution >= 0.6 is 0 Å². The molecule has 1 atom stereocenters. The Bertz CT molecular complexity index is 358. The van der Waals surface area contributed by atoms with E-state index < -0.39 is 10.5 Å². The maximum Gasteiger partial charge on any atom is 0.312 e. The molecule has 1 aromatic heterocycles. The van der Waals surface area contributed by atoms with Gasteiger partial charge in [-0.25, -0.2) is 0 Å². The van der Waals surface area contributed by atoms with E-state index in [9.17, 15) is 10.1 Å². The minimum atomic E-state index is -1.16. The Hall–Kier alpha value is -1.47. The van der Waals surface area contributed by atoms with Gasteiger partial charge >= 0.3 is 5.69 Å². The van der Waals surface area contributed by atoms with E-state index in [2.05, 4.69) is 5.10 Å². The Balaban J connectivity index is 3.31. The van der Waals surface area contributed by atoms with Crippen LogP contribution < -0.4 is 5.73 Å². The first-order chi connectivity index (χ1) is 6.40. The van der Waals surface area contributed by atoms with Crippen LogP contribution in [0.4, 0.5) is 5.69 Å². The van der Waals surface area contributed by atoms with Crippen molar-refractivity contribution in [1.82, 2.24) is 9.78 Å². The van der Waals surface area contributed by atoms with Gasteiger partial charge in [0.15, 0.2) is 0 Å². The molecular formula is C7H12N4O3. The van der Waals surface area contributed by atoms with Crippen LogP contribution in [-0.4, -0.2) is 26.4 Å². The number of nitro groups is 1. The summed E-state index contributed by atoms with van der Waals surface area (Å²) in [5, 5.41) is 23.4. The topological polar surface area (TPSA) is 107 Å². The lowest BCUT2D eigenvalue weighted by Gasteiger charge is -2.20. The molecular weight excluding hydrogens is 188 g/mol. The molecule has 0 spiro atoms. The molecule has 0 fully saturated rings. The largest absolute Gasteiger partial charge is 0.394 e. The van der Waals surface area contributed by atoms with Crippen molar-refractivity contribution in [3.63, 3.8) is 0 Å². The number of aliphatic hydroxyl groups excluding tert-OH is 1. The van der Waals surface area contributed by atoms with Gasteiger partial charge in [-0.05, 0) is 6.92 Å². The SMILES string of the molecule is Cn1ncc([N+](=O)[O-])c1C(C)(N)CO. The second-order valence-electron chi connectivity index (χ2n) is 3.33. The van der Waals surface area contributed by atoms with Gasteiger partial charge in [-0.15, -0.1) is 0 Å². The molecule has 0 aliphatic heterocycles. The zero-order valence-corrected chi connectivity index (χ0v) is 7.97. The van der Waals surface area contributed by atoms with Crippen LogP contribution in [0.2, 0.25) is 0 Å². The molecule has 78 valence electrons. The molecule has 0 aliphatic carbocycles. The molecule has 1 unspecified atom stereocenters. The molecule has 0 radical (unpaired) electrons. The zero-order chi connectivity index (χ0) is 10.9. The summed E-state index contributed by atoms with van der Waals surface area (Å²) in [4.78, 5) is 10.0. The van der Waals surface area contributed by atoms with E-state index in [-0.39, 0.29) is 18.0 Å². The number of aryl methyl sites for hydroxylation is 1. The Morgan fingerprint density at radius 2 is 2.43 bits per heavy atom. The quantitative estimate of drug-likeness (QED) is 0.505. The maximum atomic E-state index is 10.6. The van der Waals surface area contributed by atoms with Gasteiger partial charge in [-0.1, -0.05) is 0 Å². The van der Waals surface area contributed by atoms with Crippen molar-refractivity contribution in [2.24, 2.45) is 12.8 Å². The Morgan fingerprint density at radius 3 is 2.86 bits per heavy atom. The summed E-state index contributed by atoms with van der Waals surface area (Å²) in [5.74, 6) is 0. The highest BCUT2D eigenvalue weighted by atomic mass is 16.6. The minimum absolute atomic E-state index is 0.174. The maximum absolute atomic E-state index is 10.6. The number of hydrogen-bond acceptors (Lipinski definition) is 5. The van der Waals surface area contributed by atoms with Crippen molar-refractivity contribution in [3.05, 3.63) is 22.0 Å². The summed E-state index contributed by atoms with van der Waals surface area (Å²) >= 11 is 0. The van der Waals surface area contributed by atoms with Crippen molar-refractivity contribution >= 4 is 5.69 Å². The first-order valence-electron chi connectivity index (χ1n) is 3.96. The molecule has 3 N–H and O–H groups in total. The van der Waals surface area contributed by atoms with Crippen molar-refractivity contribution in [1.29, 1.82) is 0 Å². The number of nitrogens with zero attached hydrogens (tertiary/aromatic N) is 3. The van der Waals surface area contributed by atoms with E-state index in [1.54, 1.807) is 7.05 Å². The lowest BCUT2D eigenvalue weighted by atomic mass is 9.99. The highest BCUT2D eigenvalue weighted by Gasteiger charge is 2.33. The first kappa shape index (κ1) is 10.6. The van der Waals surface area contributed by atoms with E-state index in [1.807, 2.05) is 0 Å². The molecule has 0 saturated carbocycles. The van der Waals surface area contributed by atoms with Crippen LogP contribution in [0.1, 0.15) is 12.6 Å².